The Kier molecular flexibility index (Phi) is 5.03. The number of hydrogen-bond acceptors (Lipinski definition) is 5. The van der Waals surface area contributed by atoms with Gasteiger partial charge in [-0.25, -0.2) is 17.8 Å². The van der Waals surface area contributed by atoms with E-state index in [0.717, 1.165) is 11.3 Å². The monoisotopic (exact) mass is 398 g/mol. The van der Waals surface area contributed by atoms with E-state index in [2.05, 4.69) is 10.3 Å². The van der Waals surface area contributed by atoms with E-state index < -0.39 is 15.7 Å². The van der Waals surface area contributed by atoms with Gasteiger partial charge in [-0.2, -0.15) is 0 Å². The van der Waals surface area contributed by atoms with Crippen LogP contribution in [0.5, 0.6) is 0 Å². The van der Waals surface area contributed by atoms with Crippen molar-refractivity contribution in [3.63, 3.8) is 0 Å². The Morgan fingerprint density at radius 1 is 1.20 bits per heavy atom. The van der Waals surface area contributed by atoms with Crippen molar-refractivity contribution in [2.24, 2.45) is 0 Å². The van der Waals surface area contributed by atoms with Crippen molar-refractivity contribution in [3.05, 3.63) is 53.3 Å². The van der Waals surface area contributed by atoms with Gasteiger partial charge in [0.15, 0.2) is 15.0 Å². The van der Waals surface area contributed by atoms with Crippen LogP contribution in [0.2, 0.25) is 5.02 Å². The first-order chi connectivity index (χ1) is 11.8. The number of benzene rings is 2. The van der Waals surface area contributed by atoms with Gasteiger partial charge in [-0.05, 0) is 42.5 Å². The molecule has 0 radical (unpaired) electrons. The molecule has 0 fully saturated rings. The lowest BCUT2D eigenvalue weighted by Gasteiger charge is -2.04. The van der Waals surface area contributed by atoms with Gasteiger partial charge in [0, 0.05) is 11.4 Å². The summed E-state index contributed by atoms with van der Waals surface area (Å²) in [6.07, 6.45) is -0.213. The van der Waals surface area contributed by atoms with Gasteiger partial charge in [0.25, 0.3) is 0 Å². The fourth-order valence-corrected chi connectivity index (χ4v) is 4.39. The molecule has 130 valence electrons. The average molecular weight is 399 g/mol. The molecule has 25 heavy (non-hydrogen) atoms. The Hall–Kier alpha value is -2.03. The minimum Gasteiger partial charge on any atom is -0.302 e. The van der Waals surface area contributed by atoms with E-state index in [9.17, 15) is 17.6 Å². The predicted octanol–water partition coefficient (Wildman–Crippen LogP) is 3.89. The first-order valence-electron chi connectivity index (χ1n) is 7.18. The number of nitrogens with one attached hydrogen (secondary N) is 1. The lowest BCUT2D eigenvalue weighted by Crippen LogP contribution is -2.17. The number of hydrogen-bond donors (Lipinski definition) is 1. The Morgan fingerprint density at radius 2 is 1.92 bits per heavy atom. The molecule has 0 aliphatic rings. The molecule has 1 aromatic heterocycles. The summed E-state index contributed by atoms with van der Waals surface area (Å²) in [7, 11) is -3.58. The van der Waals surface area contributed by atoms with E-state index in [0.29, 0.717) is 20.4 Å². The first-order valence-corrected chi connectivity index (χ1v) is 10.0. The van der Waals surface area contributed by atoms with Crippen LogP contribution in [-0.4, -0.2) is 25.1 Å². The summed E-state index contributed by atoms with van der Waals surface area (Å²) in [5.74, 6) is -1.19. The van der Waals surface area contributed by atoms with E-state index in [-0.39, 0.29) is 22.9 Å². The van der Waals surface area contributed by atoms with Crippen LogP contribution in [-0.2, 0) is 14.6 Å². The Morgan fingerprint density at radius 3 is 2.64 bits per heavy atom. The number of anilines is 1. The molecular formula is C16H12ClFN2O3S2. The highest BCUT2D eigenvalue weighted by atomic mass is 35.5. The zero-order valence-electron chi connectivity index (χ0n) is 12.7. The van der Waals surface area contributed by atoms with Crippen molar-refractivity contribution in [1.29, 1.82) is 0 Å². The van der Waals surface area contributed by atoms with Crippen molar-refractivity contribution in [2.45, 2.75) is 11.3 Å². The van der Waals surface area contributed by atoms with E-state index in [1.807, 2.05) is 0 Å². The second-order valence-electron chi connectivity index (χ2n) is 5.20. The topological polar surface area (TPSA) is 76.1 Å². The molecule has 1 N–H and O–H groups in total. The largest absolute Gasteiger partial charge is 0.302 e. The second-order valence-corrected chi connectivity index (χ2v) is 8.78. The predicted molar refractivity (Wildman–Crippen MR) is 96.3 cm³/mol. The van der Waals surface area contributed by atoms with Gasteiger partial charge >= 0.3 is 0 Å². The number of rotatable bonds is 5. The normalized spacial score (nSPS) is 11.6. The molecule has 0 saturated carbocycles. The average Bonchev–Trinajstić information content (AvgIpc) is 2.94. The summed E-state index contributed by atoms with van der Waals surface area (Å²) in [5, 5.41) is 3.28. The minimum atomic E-state index is -3.58. The summed E-state index contributed by atoms with van der Waals surface area (Å²) < 4.78 is 38.2. The number of thiazole rings is 1. The van der Waals surface area contributed by atoms with Gasteiger partial charge in [-0.1, -0.05) is 22.9 Å². The minimum absolute atomic E-state index is 0.111. The highest BCUT2D eigenvalue weighted by Gasteiger charge is 2.17. The fraction of sp³-hybridized carbons (Fsp3) is 0.125. The number of carbonyl (C=O) groups is 1. The lowest BCUT2D eigenvalue weighted by molar-refractivity contribution is -0.115. The molecule has 5 nitrogen and oxygen atoms in total. The summed E-state index contributed by atoms with van der Waals surface area (Å²) in [6, 6.07) is 9.89. The standard InChI is InChI=1S/C16H12ClFN2O3S2/c17-10-1-4-12(5-2-10)25(22,23)8-7-15(21)20-16-19-13-6-3-11(18)9-14(13)24-16/h1-6,9H,7-8H2,(H,19,20,21). The van der Waals surface area contributed by atoms with Crippen molar-refractivity contribution >= 4 is 54.0 Å². The number of carbonyl (C=O) groups excluding carboxylic acids is 1. The van der Waals surface area contributed by atoms with Crippen molar-refractivity contribution in [1.82, 2.24) is 4.98 Å². The molecule has 0 bridgehead atoms. The van der Waals surface area contributed by atoms with Gasteiger partial charge in [-0.3, -0.25) is 4.79 Å². The van der Waals surface area contributed by atoms with E-state index in [1.165, 1.54) is 42.5 Å². The van der Waals surface area contributed by atoms with Gasteiger partial charge in [0.05, 0.1) is 20.9 Å². The SMILES string of the molecule is O=C(CCS(=O)(=O)c1ccc(Cl)cc1)Nc1nc2ccc(F)cc2s1. The number of sulfone groups is 1. The highest BCUT2D eigenvalue weighted by molar-refractivity contribution is 7.91. The smallest absolute Gasteiger partial charge is 0.227 e. The molecule has 0 aliphatic heterocycles. The molecule has 9 heteroatoms. The van der Waals surface area contributed by atoms with Crippen LogP contribution in [0.25, 0.3) is 10.2 Å². The van der Waals surface area contributed by atoms with Gasteiger partial charge < -0.3 is 5.32 Å². The third kappa shape index (κ3) is 4.33. The number of fused-ring (bicyclic) bond motifs is 1. The molecule has 3 rings (SSSR count). The Labute approximate surface area is 152 Å². The maximum absolute atomic E-state index is 13.2. The number of aromatic nitrogens is 1. The number of halogens is 2. The maximum Gasteiger partial charge on any atom is 0.227 e. The van der Waals surface area contributed by atoms with Crippen LogP contribution >= 0.6 is 22.9 Å². The van der Waals surface area contributed by atoms with Gasteiger partial charge in [0.2, 0.25) is 5.91 Å². The fourth-order valence-electron chi connectivity index (χ4n) is 2.12. The summed E-state index contributed by atoms with van der Waals surface area (Å²) in [5.41, 5.74) is 0.565. The molecule has 0 atom stereocenters. The van der Waals surface area contributed by atoms with Crippen molar-refractivity contribution in [3.8, 4) is 0 Å². The molecule has 0 spiro atoms. The van der Waals surface area contributed by atoms with E-state index in [1.54, 1.807) is 0 Å². The third-order valence-electron chi connectivity index (χ3n) is 3.37. The molecule has 3 aromatic rings. The molecule has 1 amide bonds. The number of amides is 1. The van der Waals surface area contributed by atoms with Crippen LogP contribution in [0.1, 0.15) is 6.42 Å². The zero-order chi connectivity index (χ0) is 18.0. The molecule has 0 aliphatic carbocycles. The Balaban J connectivity index is 1.64. The number of nitrogens with zero attached hydrogens (tertiary/aromatic N) is 1. The molecule has 0 unspecified atom stereocenters. The van der Waals surface area contributed by atoms with Crippen molar-refractivity contribution in [2.75, 3.05) is 11.1 Å². The lowest BCUT2D eigenvalue weighted by atomic mass is 10.3. The Bertz CT molecular complexity index is 1030. The van der Waals surface area contributed by atoms with E-state index in [4.69, 9.17) is 11.6 Å². The van der Waals surface area contributed by atoms with Crippen LogP contribution in [0.15, 0.2) is 47.4 Å². The van der Waals surface area contributed by atoms with Crippen LogP contribution < -0.4 is 5.32 Å². The maximum atomic E-state index is 13.2. The third-order valence-corrected chi connectivity index (χ3v) is 6.29. The quantitative estimate of drug-likeness (QED) is 0.707. The zero-order valence-corrected chi connectivity index (χ0v) is 15.1. The van der Waals surface area contributed by atoms with Gasteiger partial charge in [-0.15, -0.1) is 0 Å². The summed E-state index contributed by atoms with van der Waals surface area (Å²) in [4.78, 5) is 16.3. The van der Waals surface area contributed by atoms with Crippen molar-refractivity contribution < 1.29 is 17.6 Å². The van der Waals surface area contributed by atoms with E-state index >= 15 is 0 Å². The first kappa shape index (κ1) is 17.8. The second kappa shape index (κ2) is 7.07. The molecular weight excluding hydrogens is 387 g/mol. The molecule has 0 saturated heterocycles. The van der Waals surface area contributed by atoms with Crippen LogP contribution in [0.4, 0.5) is 9.52 Å². The highest BCUT2D eigenvalue weighted by Crippen LogP contribution is 2.26. The van der Waals surface area contributed by atoms with Crippen LogP contribution in [0.3, 0.4) is 0 Å². The summed E-state index contributed by atoms with van der Waals surface area (Å²) in [6.45, 7) is 0. The molecule has 1 heterocycles. The summed E-state index contributed by atoms with van der Waals surface area (Å²) >= 11 is 6.86. The van der Waals surface area contributed by atoms with Crippen LogP contribution in [0, 0.1) is 5.82 Å². The van der Waals surface area contributed by atoms with Gasteiger partial charge in [0.1, 0.15) is 5.82 Å². The molecule has 2 aromatic carbocycles.